The lowest BCUT2D eigenvalue weighted by atomic mass is 9.94. The Bertz CT molecular complexity index is 2340. The van der Waals surface area contributed by atoms with Crippen LogP contribution in [0.4, 0.5) is 0 Å². The fourth-order valence-corrected chi connectivity index (χ4v) is 10.7. The van der Waals surface area contributed by atoms with E-state index in [0.717, 1.165) is 20.8 Å². The summed E-state index contributed by atoms with van der Waals surface area (Å²) in [5.74, 6) is -2.74. The molecule has 0 saturated carbocycles. The number of carbonyl (C=O) groups is 3. The van der Waals surface area contributed by atoms with Gasteiger partial charge in [-0.05, 0) is 0 Å². The van der Waals surface area contributed by atoms with Crippen LogP contribution in [0.1, 0.15) is 20.8 Å². The molecule has 3 amide bonds. The largest absolute Gasteiger partial charge is 0.397 e. The topological polar surface area (TPSA) is 630 Å². The summed E-state index contributed by atoms with van der Waals surface area (Å²) >= 11 is 0. The highest BCUT2D eigenvalue weighted by Crippen LogP contribution is 2.36. The predicted octanol–water partition coefficient (Wildman–Crippen LogP) is -14.4. The molecule has 0 bridgehead atoms. The van der Waals surface area contributed by atoms with Crippen molar-refractivity contribution < 1.29 is 178 Å². The van der Waals surface area contributed by atoms with Crippen molar-refractivity contribution in [3.8, 4) is 0 Å². The Kier molecular flexibility index (Phi) is 26.5. The Morgan fingerprint density at radius 2 is 0.845 bits per heavy atom. The first-order valence-electron chi connectivity index (χ1n) is 25.3. The summed E-state index contributed by atoms with van der Waals surface area (Å²) in [6.07, 6.45) is -55.2. The standard InChI is InChI=1S/C42H73N3O37S2/c1-11(52)43-14(4-46)32(77-41-30(63)36(81-83(65,66)67)26(59)18(7-49)74-41)23(56)15(55)10-71-38-21(44-12(2)53)28(61)33(20(9-51)76-38)78-40-29(62)35(25(58)17(6-48)73-40)80-39-22(45-13(3)54)34(24(57)16(5-47)72-39)79-42-31(64)37(82-84(68,69)70)27(60)19(8-50)75-42/h14-42,46-51,55-64H,4-10H2,1-3H3,(H,43,52)(H,44,53)(H,45,54)(H,65,66,67)(H,68,69,70). The van der Waals surface area contributed by atoms with Gasteiger partial charge in [0.25, 0.3) is 0 Å². The number of amides is 3. The maximum Gasteiger partial charge on any atom is 0.397 e. The van der Waals surface area contributed by atoms with Gasteiger partial charge in [0.05, 0.1) is 52.3 Å². The van der Waals surface area contributed by atoms with E-state index in [1.807, 2.05) is 0 Å². The van der Waals surface area contributed by atoms with Gasteiger partial charge in [-0.25, -0.2) is 8.37 Å². The Hall–Kier alpha value is -2.89. The molecule has 5 aliphatic heterocycles. The molecule has 0 radical (unpaired) electrons. The first kappa shape index (κ1) is 71.9. The van der Waals surface area contributed by atoms with Crippen LogP contribution >= 0.6 is 0 Å². The van der Waals surface area contributed by atoms with Gasteiger partial charge >= 0.3 is 20.8 Å². The van der Waals surface area contributed by atoms with E-state index in [4.69, 9.17) is 47.4 Å². The fraction of sp³-hybridized carbons (Fsp3) is 0.929. The summed E-state index contributed by atoms with van der Waals surface area (Å²) in [6.45, 7) is -4.97. The van der Waals surface area contributed by atoms with Crippen LogP contribution in [0.3, 0.4) is 0 Å². The smallest absolute Gasteiger partial charge is 0.394 e. The van der Waals surface area contributed by atoms with Crippen molar-refractivity contribution in [2.75, 3.05) is 46.2 Å². The van der Waals surface area contributed by atoms with E-state index in [1.165, 1.54) is 0 Å². The van der Waals surface area contributed by atoms with E-state index in [-0.39, 0.29) is 0 Å². The SMILES string of the molecule is CC(=O)NC(CO)C(OC1OC(CO)C(O)C(OS(=O)(=O)O)C1O)C(O)C(O)COC1OC(CO)C(OC2OC(CO)C(O)C(OC3OC(CO)C(O)C(OC4OC(CO)C(O)C(OS(=O)(=O)O)C4O)C3NC(C)=O)C2O)C(O)C1NC(C)=O. The Labute approximate surface area is 476 Å². The lowest BCUT2D eigenvalue weighted by molar-refractivity contribution is -0.377. The number of hydrogen-bond acceptors (Lipinski definition) is 35. The van der Waals surface area contributed by atoms with Crippen molar-refractivity contribution in [1.29, 1.82) is 0 Å². The number of aliphatic hydroxyl groups excluding tert-OH is 16. The highest BCUT2D eigenvalue weighted by molar-refractivity contribution is 7.81. The van der Waals surface area contributed by atoms with E-state index in [0.29, 0.717) is 0 Å². The van der Waals surface area contributed by atoms with Crippen molar-refractivity contribution in [3.05, 3.63) is 0 Å². The third-order valence-electron chi connectivity index (χ3n) is 13.7. The number of hydrogen-bond donors (Lipinski definition) is 21. The molecule has 0 aromatic rings. The maximum atomic E-state index is 12.7. The maximum absolute atomic E-state index is 12.7. The quantitative estimate of drug-likeness (QED) is 0.0340. The Morgan fingerprint density at radius 3 is 1.29 bits per heavy atom. The molecular weight excluding hydrogens is 1200 g/mol. The molecule has 5 fully saturated rings. The van der Waals surface area contributed by atoms with Gasteiger partial charge in [0.1, 0.15) is 140 Å². The van der Waals surface area contributed by atoms with Crippen molar-refractivity contribution >= 4 is 38.5 Å². The molecule has 29 atom stereocenters. The Balaban J connectivity index is 1.38. The highest BCUT2D eigenvalue weighted by atomic mass is 32.3. The van der Waals surface area contributed by atoms with Gasteiger partial charge in [0.15, 0.2) is 31.5 Å². The zero-order chi connectivity index (χ0) is 63.0. The Morgan fingerprint density at radius 1 is 0.464 bits per heavy atom. The van der Waals surface area contributed by atoms with Crippen LogP contribution in [-0.4, -0.2) is 349 Å². The van der Waals surface area contributed by atoms with Gasteiger partial charge in [-0.3, -0.25) is 23.5 Å². The summed E-state index contributed by atoms with van der Waals surface area (Å²) in [7, 11) is -10.9. The van der Waals surface area contributed by atoms with Gasteiger partial charge in [-0.1, -0.05) is 0 Å². The van der Waals surface area contributed by atoms with Crippen molar-refractivity contribution in [2.45, 2.75) is 199 Å². The van der Waals surface area contributed by atoms with Gasteiger partial charge in [-0.15, -0.1) is 0 Å². The first-order valence-corrected chi connectivity index (χ1v) is 28.1. The summed E-state index contributed by atoms with van der Waals surface area (Å²) in [6, 6.07) is -5.47. The molecule has 5 rings (SSSR count). The van der Waals surface area contributed by atoms with Crippen molar-refractivity contribution in [3.63, 3.8) is 0 Å². The van der Waals surface area contributed by atoms with Crippen LogP contribution in [0, 0.1) is 0 Å². The first-order chi connectivity index (χ1) is 39.2. The average Bonchev–Trinajstić information content (AvgIpc) is 1.71. The average molecular weight is 1280 g/mol. The molecule has 0 aromatic heterocycles. The number of rotatable bonds is 27. The number of aliphatic hydroxyl groups is 16. The molecule has 5 aliphatic rings. The number of nitrogens with one attached hydrogen (secondary N) is 3. The fourth-order valence-electron chi connectivity index (χ4n) is 9.70. The molecule has 5 saturated heterocycles. The minimum Gasteiger partial charge on any atom is -0.394 e. The van der Waals surface area contributed by atoms with Crippen LogP contribution in [0.5, 0.6) is 0 Å². The van der Waals surface area contributed by atoms with Gasteiger partial charge < -0.3 is 145 Å². The van der Waals surface area contributed by atoms with Gasteiger partial charge in [0, 0.05) is 20.8 Å². The van der Waals surface area contributed by atoms with Crippen LogP contribution in [-0.2, 0) is 90.9 Å². The summed E-state index contributed by atoms with van der Waals surface area (Å²) in [4.78, 5) is 37.4. The summed E-state index contributed by atoms with van der Waals surface area (Å²) in [5.41, 5.74) is 0. The van der Waals surface area contributed by atoms with Crippen molar-refractivity contribution in [1.82, 2.24) is 16.0 Å². The molecule has 0 aliphatic carbocycles. The van der Waals surface area contributed by atoms with Gasteiger partial charge in [0.2, 0.25) is 17.7 Å². The third-order valence-corrected chi connectivity index (χ3v) is 14.6. The van der Waals surface area contributed by atoms with Gasteiger partial charge in [-0.2, -0.15) is 16.8 Å². The predicted molar refractivity (Wildman–Crippen MR) is 257 cm³/mol. The highest BCUT2D eigenvalue weighted by Gasteiger charge is 2.58. The molecule has 84 heavy (non-hydrogen) atoms. The molecular formula is C42H73N3O37S2. The van der Waals surface area contributed by atoms with E-state index in [9.17, 15) is 122 Å². The van der Waals surface area contributed by atoms with E-state index < -0.39 is 263 Å². The van der Waals surface area contributed by atoms with E-state index >= 15 is 0 Å². The molecule has 40 nitrogen and oxygen atoms in total. The van der Waals surface area contributed by atoms with Crippen molar-refractivity contribution in [2.24, 2.45) is 0 Å². The van der Waals surface area contributed by atoms with Crippen LogP contribution in [0.25, 0.3) is 0 Å². The lowest BCUT2D eigenvalue weighted by Gasteiger charge is -2.50. The molecule has 490 valence electrons. The summed E-state index contributed by atoms with van der Waals surface area (Å²) in [5, 5.41) is 180. The molecule has 5 heterocycles. The molecule has 0 aromatic carbocycles. The zero-order valence-electron chi connectivity index (χ0n) is 44.3. The number of carbonyl (C=O) groups excluding carboxylic acids is 3. The molecule has 29 unspecified atom stereocenters. The minimum absolute atomic E-state index is 0.885. The zero-order valence-corrected chi connectivity index (χ0v) is 45.9. The third kappa shape index (κ3) is 17.9. The second kappa shape index (κ2) is 31.0. The van der Waals surface area contributed by atoms with Crippen LogP contribution in [0.15, 0.2) is 0 Å². The number of ether oxygens (including phenoxy) is 10. The van der Waals surface area contributed by atoms with E-state index in [2.05, 4.69) is 24.3 Å². The monoisotopic (exact) mass is 1280 g/mol. The summed E-state index contributed by atoms with van der Waals surface area (Å²) < 4.78 is 130. The minimum atomic E-state index is -5.43. The van der Waals surface area contributed by atoms with Crippen LogP contribution < -0.4 is 16.0 Å². The molecule has 42 heteroatoms. The normalized spacial score (nSPS) is 41.1. The molecule has 0 spiro atoms. The van der Waals surface area contributed by atoms with E-state index in [1.54, 1.807) is 0 Å². The second-order valence-electron chi connectivity index (χ2n) is 19.8. The van der Waals surface area contributed by atoms with Crippen LogP contribution in [0.2, 0.25) is 0 Å². The second-order valence-corrected chi connectivity index (χ2v) is 21.9. The molecule has 21 N–H and O–H groups in total. The lowest BCUT2D eigenvalue weighted by Crippen LogP contribution is -2.70.